The quantitative estimate of drug-likeness (QED) is 0.633. The number of nitrogens with one attached hydrogen (secondary N) is 1. The summed E-state index contributed by atoms with van der Waals surface area (Å²) >= 11 is 0. The van der Waals surface area contributed by atoms with Crippen molar-refractivity contribution in [2.75, 3.05) is 11.9 Å². The summed E-state index contributed by atoms with van der Waals surface area (Å²) in [6.45, 7) is 2.97. The Morgan fingerprint density at radius 3 is 2.28 bits per heavy atom. The van der Waals surface area contributed by atoms with Crippen LogP contribution in [0.2, 0.25) is 0 Å². The van der Waals surface area contributed by atoms with Crippen LogP contribution in [0.5, 0.6) is 5.75 Å². The lowest BCUT2D eigenvalue weighted by molar-refractivity contribution is -0.385. The second-order valence-electron chi connectivity index (χ2n) is 5.27. The van der Waals surface area contributed by atoms with Gasteiger partial charge in [0.25, 0.3) is 11.6 Å². The molecule has 0 heterocycles. The molecule has 0 unspecified atom stereocenters. The number of carbonyl (C=O) groups excluding carboxylic acids is 1. The summed E-state index contributed by atoms with van der Waals surface area (Å²) in [6.07, 6.45) is 0. The zero-order chi connectivity index (χ0) is 18.6. The fourth-order valence-electron chi connectivity index (χ4n) is 2.11. The van der Waals surface area contributed by atoms with E-state index >= 15 is 0 Å². The van der Waals surface area contributed by atoms with Crippen LogP contribution in [0.25, 0.3) is 0 Å². The van der Waals surface area contributed by atoms with Crippen LogP contribution in [0, 0.1) is 34.1 Å². The van der Waals surface area contributed by atoms with Gasteiger partial charge in [-0.1, -0.05) is 12.1 Å². The largest absolute Gasteiger partial charge is 0.477 e. The van der Waals surface area contributed by atoms with Gasteiger partial charge in [-0.25, -0.2) is 0 Å². The number of hydrogen-bond acceptors (Lipinski definition) is 6. The molecular weight excluding hydrogens is 330 g/mol. The molecule has 0 bridgehead atoms. The van der Waals surface area contributed by atoms with Gasteiger partial charge in [0.2, 0.25) is 0 Å². The van der Waals surface area contributed by atoms with Crippen LogP contribution in [-0.2, 0) is 4.79 Å². The maximum Gasteiger partial charge on any atom is 0.310 e. The summed E-state index contributed by atoms with van der Waals surface area (Å²) in [5.74, 6) is -0.721. The lowest BCUT2D eigenvalue weighted by atomic mass is 10.1. The Labute approximate surface area is 142 Å². The van der Waals surface area contributed by atoms with Crippen molar-refractivity contribution in [1.82, 2.24) is 0 Å². The number of anilines is 1. The molecule has 2 aromatic rings. The molecule has 0 fully saturated rings. The molecule has 1 N–H and O–H groups in total. The lowest BCUT2D eigenvalue weighted by Gasteiger charge is -2.10. The Morgan fingerprint density at radius 2 is 1.64 bits per heavy atom. The molecule has 130 valence electrons. The Morgan fingerprint density at radius 1 is 1.04 bits per heavy atom. The van der Waals surface area contributed by atoms with E-state index in [4.69, 9.17) is 4.74 Å². The number of benzene rings is 2. The van der Waals surface area contributed by atoms with Crippen molar-refractivity contribution >= 4 is 23.0 Å². The zero-order valence-electron chi connectivity index (χ0n) is 13.5. The molecule has 0 radical (unpaired) electrons. The number of para-hydroxylation sites is 2. The lowest BCUT2D eigenvalue weighted by Crippen LogP contribution is -2.21. The average Bonchev–Trinajstić information content (AvgIpc) is 2.56. The molecule has 2 aromatic carbocycles. The predicted molar refractivity (Wildman–Crippen MR) is 89.8 cm³/mol. The minimum absolute atomic E-state index is 0.0456. The number of rotatable bonds is 6. The van der Waals surface area contributed by atoms with Crippen LogP contribution in [-0.4, -0.2) is 22.4 Å². The third-order valence-corrected chi connectivity index (χ3v) is 3.50. The Bertz CT molecular complexity index is 850. The summed E-state index contributed by atoms with van der Waals surface area (Å²) in [4.78, 5) is 32.8. The van der Waals surface area contributed by atoms with Gasteiger partial charge in [-0.05, 0) is 37.1 Å². The van der Waals surface area contributed by atoms with Gasteiger partial charge in [0, 0.05) is 12.1 Å². The first-order valence-corrected chi connectivity index (χ1v) is 7.21. The highest BCUT2D eigenvalue weighted by molar-refractivity contribution is 5.94. The Kier molecular flexibility index (Phi) is 5.28. The first kappa shape index (κ1) is 17.9. The number of carbonyl (C=O) groups is 1. The number of amides is 1. The molecule has 0 aliphatic rings. The molecule has 0 saturated carbocycles. The van der Waals surface area contributed by atoms with Crippen molar-refractivity contribution in [3.05, 3.63) is 67.8 Å². The van der Waals surface area contributed by atoms with E-state index < -0.39 is 22.4 Å². The monoisotopic (exact) mass is 345 g/mol. The Balaban J connectivity index is 2.13. The average molecular weight is 345 g/mol. The first-order valence-electron chi connectivity index (χ1n) is 7.21. The van der Waals surface area contributed by atoms with Gasteiger partial charge in [-0.3, -0.25) is 25.0 Å². The summed E-state index contributed by atoms with van der Waals surface area (Å²) in [5, 5.41) is 24.4. The maximum atomic E-state index is 12.0. The molecule has 9 nitrogen and oxygen atoms in total. The van der Waals surface area contributed by atoms with Crippen LogP contribution >= 0.6 is 0 Å². The smallest absolute Gasteiger partial charge is 0.310 e. The van der Waals surface area contributed by atoms with Crippen LogP contribution in [0.1, 0.15) is 11.1 Å². The fraction of sp³-hybridized carbons (Fsp3) is 0.188. The molecule has 0 saturated heterocycles. The minimum Gasteiger partial charge on any atom is -0.477 e. The molecule has 0 aliphatic carbocycles. The zero-order valence-corrected chi connectivity index (χ0v) is 13.5. The second kappa shape index (κ2) is 7.39. The van der Waals surface area contributed by atoms with E-state index in [2.05, 4.69) is 5.32 Å². The van der Waals surface area contributed by atoms with Crippen LogP contribution in [0.3, 0.4) is 0 Å². The highest BCUT2D eigenvalue weighted by atomic mass is 16.6. The van der Waals surface area contributed by atoms with E-state index in [0.717, 1.165) is 11.1 Å². The van der Waals surface area contributed by atoms with Gasteiger partial charge in [-0.2, -0.15) is 0 Å². The van der Waals surface area contributed by atoms with E-state index in [1.165, 1.54) is 36.4 Å². The standard InChI is InChI=1S/C16H15N3O6/c1-10-7-12(14(19(23)24)8-11(10)2)17-16(20)9-25-15-6-4-3-5-13(15)18(21)22/h3-8H,9H2,1-2H3,(H,17,20). The topological polar surface area (TPSA) is 125 Å². The van der Waals surface area contributed by atoms with Crippen LogP contribution in [0.4, 0.5) is 17.1 Å². The molecule has 25 heavy (non-hydrogen) atoms. The summed E-state index contributed by atoms with van der Waals surface area (Å²) in [7, 11) is 0. The third kappa shape index (κ3) is 4.28. The molecule has 0 aliphatic heterocycles. The molecule has 0 atom stereocenters. The van der Waals surface area contributed by atoms with E-state index in [9.17, 15) is 25.0 Å². The number of nitrogens with zero attached hydrogens (tertiary/aromatic N) is 2. The summed E-state index contributed by atoms with van der Waals surface area (Å²) in [6, 6.07) is 8.49. The van der Waals surface area contributed by atoms with Crippen LogP contribution < -0.4 is 10.1 Å². The first-order chi connectivity index (χ1) is 11.8. The molecule has 0 aromatic heterocycles. The molecule has 0 spiro atoms. The van der Waals surface area contributed by atoms with E-state index in [1.54, 1.807) is 13.8 Å². The van der Waals surface area contributed by atoms with Gasteiger partial charge in [0.05, 0.1) is 9.85 Å². The van der Waals surface area contributed by atoms with Crippen molar-refractivity contribution in [1.29, 1.82) is 0 Å². The number of hydrogen-bond donors (Lipinski definition) is 1. The highest BCUT2D eigenvalue weighted by Gasteiger charge is 2.19. The van der Waals surface area contributed by atoms with E-state index in [-0.39, 0.29) is 22.8 Å². The minimum atomic E-state index is -0.662. The van der Waals surface area contributed by atoms with Gasteiger partial charge in [0.15, 0.2) is 12.4 Å². The summed E-state index contributed by atoms with van der Waals surface area (Å²) in [5.41, 5.74) is 1.04. The van der Waals surface area contributed by atoms with Gasteiger partial charge in [0.1, 0.15) is 5.69 Å². The molecular formula is C16H15N3O6. The van der Waals surface area contributed by atoms with Crippen molar-refractivity contribution < 1.29 is 19.4 Å². The van der Waals surface area contributed by atoms with Gasteiger partial charge < -0.3 is 10.1 Å². The highest BCUT2D eigenvalue weighted by Crippen LogP contribution is 2.28. The van der Waals surface area contributed by atoms with Gasteiger partial charge >= 0.3 is 5.69 Å². The van der Waals surface area contributed by atoms with E-state index in [1.807, 2.05) is 0 Å². The molecule has 9 heteroatoms. The maximum absolute atomic E-state index is 12.0. The predicted octanol–water partition coefficient (Wildman–Crippen LogP) is 3.14. The fourth-order valence-corrected chi connectivity index (χ4v) is 2.11. The van der Waals surface area contributed by atoms with Crippen molar-refractivity contribution in [2.24, 2.45) is 0 Å². The SMILES string of the molecule is Cc1cc(NC(=O)COc2ccccc2[N+](=O)[O-])c([N+](=O)[O-])cc1C. The Hall–Kier alpha value is -3.49. The van der Waals surface area contributed by atoms with Crippen molar-refractivity contribution in [3.8, 4) is 5.75 Å². The third-order valence-electron chi connectivity index (χ3n) is 3.50. The number of aryl methyl sites for hydroxylation is 2. The normalized spacial score (nSPS) is 10.2. The van der Waals surface area contributed by atoms with Crippen molar-refractivity contribution in [2.45, 2.75) is 13.8 Å². The molecule has 1 amide bonds. The van der Waals surface area contributed by atoms with Crippen LogP contribution in [0.15, 0.2) is 36.4 Å². The molecule has 2 rings (SSSR count). The number of ether oxygens (including phenoxy) is 1. The summed E-state index contributed by atoms with van der Waals surface area (Å²) < 4.78 is 5.16. The van der Waals surface area contributed by atoms with Gasteiger partial charge in [-0.15, -0.1) is 0 Å². The number of nitro benzene ring substituents is 2. The number of nitro groups is 2. The second-order valence-corrected chi connectivity index (χ2v) is 5.27. The van der Waals surface area contributed by atoms with Crippen molar-refractivity contribution in [3.63, 3.8) is 0 Å². The van der Waals surface area contributed by atoms with E-state index in [0.29, 0.717) is 0 Å².